The van der Waals surface area contributed by atoms with E-state index in [2.05, 4.69) is 27.7 Å². The Morgan fingerprint density at radius 1 is 1.16 bits per heavy atom. The van der Waals surface area contributed by atoms with Crippen molar-refractivity contribution in [1.29, 1.82) is 0 Å². The van der Waals surface area contributed by atoms with Crippen LogP contribution in [-0.2, 0) is 20.7 Å². The number of nitrogens with zero attached hydrogens (tertiary/aromatic N) is 1. The molecule has 2 saturated heterocycles. The topological polar surface area (TPSA) is 62.8 Å². The first-order chi connectivity index (χ1) is 11.3. The number of morpholine rings is 2. The van der Waals surface area contributed by atoms with Gasteiger partial charge in [-0.05, 0) is 24.1 Å². The van der Waals surface area contributed by atoms with Crippen LogP contribution >= 0.6 is 24.8 Å². The van der Waals surface area contributed by atoms with Crippen LogP contribution in [0, 0.1) is 0 Å². The molecule has 1 aromatic rings. The molecule has 0 bridgehead atoms. The van der Waals surface area contributed by atoms with Crippen LogP contribution in [0.15, 0.2) is 24.3 Å². The fourth-order valence-corrected chi connectivity index (χ4v) is 2.82. The van der Waals surface area contributed by atoms with Crippen molar-refractivity contribution in [2.45, 2.75) is 12.5 Å². The van der Waals surface area contributed by atoms with Gasteiger partial charge in [0.1, 0.15) is 6.10 Å². The molecule has 25 heavy (non-hydrogen) atoms. The number of amides is 1. The summed E-state index contributed by atoms with van der Waals surface area (Å²) in [7, 11) is 0. The second-order valence-corrected chi connectivity index (χ2v) is 5.95. The Balaban J connectivity index is 0.00000156. The van der Waals surface area contributed by atoms with Crippen molar-refractivity contribution in [3.05, 3.63) is 29.8 Å². The van der Waals surface area contributed by atoms with Gasteiger partial charge in [-0.25, -0.2) is 0 Å². The zero-order valence-corrected chi connectivity index (χ0v) is 15.9. The van der Waals surface area contributed by atoms with E-state index >= 15 is 0 Å². The van der Waals surface area contributed by atoms with Gasteiger partial charge in [-0.1, -0.05) is 12.1 Å². The van der Waals surface area contributed by atoms with Gasteiger partial charge in [0.15, 0.2) is 0 Å². The number of benzene rings is 1. The van der Waals surface area contributed by atoms with Gasteiger partial charge in [0.2, 0.25) is 0 Å². The van der Waals surface area contributed by atoms with E-state index in [1.54, 1.807) is 0 Å². The van der Waals surface area contributed by atoms with Gasteiger partial charge in [0.05, 0.1) is 19.8 Å². The summed E-state index contributed by atoms with van der Waals surface area (Å²) in [5.74, 6) is -0.0849. The van der Waals surface area contributed by atoms with E-state index in [0.717, 1.165) is 51.5 Å². The second-order valence-electron chi connectivity index (χ2n) is 5.95. The Bertz CT molecular complexity index is 504. The standard InChI is InChI=1S/C17H25N3O3.2ClH/c21-17(16-13-18-6-10-23-16)19-15-3-1-14(2-4-15)5-7-20-8-11-22-12-9-20;;/h1-4,16,18H,5-13H2,(H,19,21);2*1H. The van der Waals surface area contributed by atoms with Gasteiger partial charge in [-0.2, -0.15) is 0 Å². The van der Waals surface area contributed by atoms with E-state index < -0.39 is 6.10 Å². The molecule has 1 amide bonds. The number of anilines is 1. The first-order valence-electron chi connectivity index (χ1n) is 8.33. The maximum absolute atomic E-state index is 12.1. The minimum atomic E-state index is -0.398. The number of halogens is 2. The number of hydrogen-bond acceptors (Lipinski definition) is 5. The van der Waals surface area contributed by atoms with Crippen LogP contribution in [0.25, 0.3) is 0 Å². The highest BCUT2D eigenvalue weighted by Crippen LogP contribution is 2.12. The molecule has 142 valence electrons. The Morgan fingerprint density at radius 2 is 1.88 bits per heavy atom. The van der Waals surface area contributed by atoms with Crippen LogP contribution in [0.4, 0.5) is 5.69 Å². The van der Waals surface area contributed by atoms with Crippen molar-refractivity contribution < 1.29 is 14.3 Å². The third kappa shape index (κ3) is 7.09. The highest BCUT2D eigenvalue weighted by atomic mass is 35.5. The third-order valence-corrected chi connectivity index (χ3v) is 4.26. The lowest BCUT2D eigenvalue weighted by Crippen LogP contribution is -2.45. The number of carbonyl (C=O) groups excluding carboxylic acids is 1. The molecule has 2 heterocycles. The van der Waals surface area contributed by atoms with E-state index in [0.29, 0.717) is 13.2 Å². The zero-order valence-electron chi connectivity index (χ0n) is 14.2. The summed E-state index contributed by atoms with van der Waals surface area (Å²) in [5.41, 5.74) is 2.10. The molecule has 1 aromatic carbocycles. The van der Waals surface area contributed by atoms with E-state index in [9.17, 15) is 4.79 Å². The Labute approximate surface area is 161 Å². The lowest BCUT2D eigenvalue weighted by Gasteiger charge is -2.26. The summed E-state index contributed by atoms with van der Waals surface area (Å²) in [5, 5.41) is 6.07. The molecule has 2 aliphatic heterocycles. The SMILES string of the molecule is Cl.Cl.O=C(Nc1ccc(CCN2CCOCC2)cc1)C1CNCCO1. The highest BCUT2D eigenvalue weighted by Gasteiger charge is 2.21. The Kier molecular flexibility index (Phi) is 10.3. The monoisotopic (exact) mass is 391 g/mol. The number of nitrogens with one attached hydrogen (secondary N) is 2. The van der Waals surface area contributed by atoms with Crippen molar-refractivity contribution in [3.63, 3.8) is 0 Å². The minimum absolute atomic E-state index is 0. The lowest BCUT2D eigenvalue weighted by molar-refractivity contribution is -0.128. The smallest absolute Gasteiger partial charge is 0.254 e. The summed E-state index contributed by atoms with van der Waals surface area (Å²) in [6.07, 6.45) is 0.619. The fourth-order valence-electron chi connectivity index (χ4n) is 2.82. The highest BCUT2D eigenvalue weighted by molar-refractivity contribution is 5.94. The molecule has 2 fully saturated rings. The molecule has 2 N–H and O–H groups in total. The lowest BCUT2D eigenvalue weighted by atomic mass is 10.1. The predicted octanol–water partition coefficient (Wildman–Crippen LogP) is 1.33. The van der Waals surface area contributed by atoms with Crippen molar-refractivity contribution in [1.82, 2.24) is 10.2 Å². The fraction of sp³-hybridized carbons (Fsp3) is 0.588. The van der Waals surface area contributed by atoms with Gasteiger partial charge in [0.25, 0.3) is 5.91 Å². The molecule has 1 atom stereocenters. The summed E-state index contributed by atoms with van der Waals surface area (Å²) in [6, 6.07) is 8.08. The van der Waals surface area contributed by atoms with Crippen LogP contribution in [0.1, 0.15) is 5.56 Å². The van der Waals surface area contributed by atoms with Crippen LogP contribution in [0.3, 0.4) is 0 Å². The van der Waals surface area contributed by atoms with Crippen LogP contribution in [0.5, 0.6) is 0 Å². The number of carbonyl (C=O) groups is 1. The van der Waals surface area contributed by atoms with Crippen LogP contribution < -0.4 is 10.6 Å². The largest absolute Gasteiger partial charge is 0.379 e. The van der Waals surface area contributed by atoms with E-state index in [4.69, 9.17) is 9.47 Å². The minimum Gasteiger partial charge on any atom is -0.379 e. The number of ether oxygens (including phenoxy) is 2. The normalized spacial score (nSPS) is 20.9. The van der Waals surface area contributed by atoms with Crippen LogP contribution in [0.2, 0.25) is 0 Å². The van der Waals surface area contributed by atoms with Crippen molar-refractivity contribution >= 4 is 36.4 Å². The molecular formula is C17H27Cl2N3O3. The molecular weight excluding hydrogens is 365 g/mol. The molecule has 1 unspecified atom stereocenters. The molecule has 0 radical (unpaired) electrons. The average molecular weight is 392 g/mol. The molecule has 3 rings (SSSR count). The summed E-state index contributed by atoms with van der Waals surface area (Å²) in [4.78, 5) is 14.5. The van der Waals surface area contributed by atoms with Crippen molar-refractivity contribution in [2.75, 3.05) is 57.9 Å². The quantitative estimate of drug-likeness (QED) is 0.792. The molecule has 2 aliphatic rings. The first-order valence-corrected chi connectivity index (χ1v) is 8.33. The predicted molar refractivity (Wildman–Crippen MR) is 103 cm³/mol. The van der Waals surface area contributed by atoms with E-state index in [-0.39, 0.29) is 30.7 Å². The molecule has 0 aliphatic carbocycles. The van der Waals surface area contributed by atoms with Gasteiger partial charge in [-0.15, -0.1) is 24.8 Å². The Morgan fingerprint density at radius 3 is 2.52 bits per heavy atom. The first kappa shape index (κ1) is 22.2. The van der Waals surface area contributed by atoms with E-state index in [1.165, 1.54) is 5.56 Å². The molecule has 0 spiro atoms. The summed E-state index contributed by atoms with van der Waals surface area (Å²) in [6.45, 7) is 6.72. The Hall–Kier alpha value is -0.890. The number of rotatable bonds is 5. The van der Waals surface area contributed by atoms with Gasteiger partial charge in [0, 0.05) is 38.4 Å². The van der Waals surface area contributed by atoms with Crippen molar-refractivity contribution in [3.8, 4) is 0 Å². The van der Waals surface area contributed by atoms with Gasteiger partial charge < -0.3 is 20.1 Å². The van der Waals surface area contributed by atoms with Crippen molar-refractivity contribution in [2.24, 2.45) is 0 Å². The maximum Gasteiger partial charge on any atom is 0.254 e. The van der Waals surface area contributed by atoms with E-state index in [1.807, 2.05) is 12.1 Å². The second kappa shape index (κ2) is 11.7. The molecule has 0 saturated carbocycles. The molecule has 6 nitrogen and oxygen atoms in total. The zero-order chi connectivity index (χ0) is 15.9. The maximum atomic E-state index is 12.1. The molecule has 8 heteroatoms. The third-order valence-electron chi connectivity index (χ3n) is 4.26. The molecule has 0 aromatic heterocycles. The number of hydrogen-bond donors (Lipinski definition) is 2. The van der Waals surface area contributed by atoms with Gasteiger partial charge >= 0.3 is 0 Å². The summed E-state index contributed by atoms with van der Waals surface area (Å²) < 4.78 is 10.8. The summed E-state index contributed by atoms with van der Waals surface area (Å²) >= 11 is 0. The van der Waals surface area contributed by atoms with Gasteiger partial charge in [-0.3, -0.25) is 9.69 Å². The van der Waals surface area contributed by atoms with Crippen LogP contribution in [-0.4, -0.2) is 69.5 Å². The average Bonchev–Trinajstić information content (AvgIpc) is 2.63.